The summed E-state index contributed by atoms with van der Waals surface area (Å²) in [7, 11) is -3.12. The van der Waals surface area contributed by atoms with Crippen LogP contribution in [0.1, 0.15) is 17.0 Å². The molecule has 22 heavy (non-hydrogen) atoms. The molecule has 6 nitrogen and oxygen atoms in total. The second kappa shape index (κ2) is 7.04. The molecule has 1 aromatic heterocycles. The van der Waals surface area contributed by atoms with Crippen molar-refractivity contribution in [3.63, 3.8) is 0 Å². The van der Waals surface area contributed by atoms with Crippen molar-refractivity contribution in [3.8, 4) is 5.69 Å². The average Bonchev–Trinajstić information content (AvgIpc) is 2.74. The van der Waals surface area contributed by atoms with E-state index in [1.54, 1.807) is 0 Å². The van der Waals surface area contributed by atoms with Crippen molar-refractivity contribution >= 4 is 10.0 Å². The van der Waals surface area contributed by atoms with E-state index >= 15 is 0 Å². The summed E-state index contributed by atoms with van der Waals surface area (Å²) >= 11 is 0. The fraction of sp³-hybridized carbons (Fsp3) is 0.400. The highest BCUT2D eigenvalue weighted by molar-refractivity contribution is 7.88. The van der Waals surface area contributed by atoms with Gasteiger partial charge in [0.2, 0.25) is 10.0 Å². The monoisotopic (exact) mass is 322 g/mol. The first kappa shape index (κ1) is 16.7. The third-order valence-corrected chi connectivity index (χ3v) is 4.14. The Hall–Kier alpha value is -1.70. The highest BCUT2D eigenvalue weighted by Crippen LogP contribution is 2.17. The van der Waals surface area contributed by atoms with Crippen molar-refractivity contribution in [2.75, 3.05) is 19.3 Å². The average molecular weight is 322 g/mol. The number of benzene rings is 1. The maximum Gasteiger partial charge on any atom is 0.208 e. The van der Waals surface area contributed by atoms with Gasteiger partial charge in [-0.25, -0.2) is 17.8 Å². The third kappa shape index (κ3) is 4.40. The molecule has 0 spiro atoms. The van der Waals surface area contributed by atoms with E-state index in [4.69, 9.17) is 0 Å². The normalized spacial score (nSPS) is 11.8. The molecule has 0 unspecified atom stereocenters. The maximum absolute atomic E-state index is 11.0. The zero-order valence-electron chi connectivity index (χ0n) is 13.1. The van der Waals surface area contributed by atoms with Crippen LogP contribution < -0.4 is 10.0 Å². The van der Waals surface area contributed by atoms with E-state index in [0.717, 1.165) is 28.9 Å². The number of para-hydroxylation sites is 1. The SMILES string of the molecule is Cc1nn(-c2ccccc2)c(C)c1CNCCNS(C)(=O)=O. The van der Waals surface area contributed by atoms with Gasteiger partial charge in [-0.15, -0.1) is 0 Å². The van der Waals surface area contributed by atoms with Gasteiger partial charge in [-0.1, -0.05) is 18.2 Å². The third-order valence-electron chi connectivity index (χ3n) is 3.41. The molecule has 1 heterocycles. The molecule has 0 saturated heterocycles. The molecule has 2 aromatic rings. The Kier molecular flexibility index (Phi) is 5.33. The van der Waals surface area contributed by atoms with Crippen LogP contribution in [-0.4, -0.2) is 37.5 Å². The number of nitrogens with one attached hydrogen (secondary N) is 2. The Morgan fingerprint density at radius 1 is 1.14 bits per heavy atom. The molecule has 0 aliphatic carbocycles. The van der Waals surface area contributed by atoms with E-state index in [1.165, 1.54) is 0 Å². The topological polar surface area (TPSA) is 76.0 Å². The molecule has 0 saturated carbocycles. The number of rotatable bonds is 7. The van der Waals surface area contributed by atoms with Gasteiger partial charge in [-0.2, -0.15) is 5.10 Å². The quantitative estimate of drug-likeness (QED) is 0.749. The largest absolute Gasteiger partial charge is 0.311 e. The Labute approximate surface area is 131 Å². The van der Waals surface area contributed by atoms with E-state index in [-0.39, 0.29) is 0 Å². The van der Waals surface area contributed by atoms with Crippen LogP contribution in [0.25, 0.3) is 5.69 Å². The van der Waals surface area contributed by atoms with Gasteiger partial charge in [-0.05, 0) is 26.0 Å². The van der Waals surface area contributed by atoms with Gasteiger partial charge in [0.25, 0.3) is 0 Å². The predicted molar refractivity (Wildman–Crippen MR) is 87.6 cm³/mol. The maximum atomic E-state index is 11.0. The van der Waals surface area contributed by atoms with Crippen LogP contribution in [-0.2, 0) is 16.6 Å². The summed E-state index contributed by atoms with van der Waals surface area (Å²) in [5, 5.41) is 7.82. The lowest BCUT2D eigenvalue weighted by Crippen LogP contribution is -2.31. The van der Waals surface area contributed by atoms with Crippen LogP contribution >= 0.6 is 0 Å². The minimum Gasteiger partial charge on any atom is -0.311 e. The standard InChI is InChI=1S/C15H22N4O2S/c1-12-15(11-16-9-10-17-22(3,20)21)13(2)19(18-12)14-7-5-4-6-8-14/h4-8,16-17H,9-11H2,1-3H3. The number of aromatic nitrogens is 2. The van der Waals surface area contributed by atoms with E-state index in [0.29, 0.717) is 19.6 Å². The summed E-state index contributed by atoms with van der Waals surface area (Å²) in [6, 6.07) is 9.99. The van der Waals surface area contributed by atoms with Crippen molar-refractivity contribution in [3.05, 3.63) is 47.3 Å². The molecule has 0 aliphatic heterocycles. The predicted octanol–water partition coefficient (Wildman–Crippen LogP) is 1.13. The van der Waals surface area contributed by atoms with Gasteiger partial charge in [-0.3, -0.25) is 0 Å². The molecule has 0 bridgehead atoms. The minimum absolute atomic E-state index is 0.379. The molecule has 1 aromatic carbocycles. The highest BCUT2D eigenvalue weighted by Gasteiger charge is 2.12. The summed E-state index contributed by atoms with van der Waals surface area (Å²) in [5.41, 5.74) is 4.24. The molecule has 2 rings (SSSR count). The van der Waals surface area contributed by atoms with Crippen molar-refractivity contribution in [1.82, 2.24) is 19.8 Å². The lowest BCUT2D eigenvalue weighted by Gasteiger charge is -2.07. The Morgan fingerprint density at radius 3 is 2.45 bits per heavy atom. The van der Waals surface area contributed by atoms with Crippen molar-refractivity contribution in [2.45, 2.75) is 20.4 Å². The van der Waals surface area contributed by atoms with Crippen LogP contribution in [0.2, 0.25) is 0 Å². The Balaban J connectivity index is 1.99. The fourth-order valence-electron chi connectivity index (χ4n) is 2.29. The van der Waals surface area contributed by atoms with Crippen molar-refractivity contribution in [2.24, 2.45) is 0 Å². The van der Waals surface area contributed by atoms with Gasteiger partial charge < -0.3 is 5.32 Å². The molecule has 0 aliphatic rings. The fourth-order valence-corrected chi connectivity index (χ4v) is 2.76. The first-order chi connectivity index (χ1) is 10.4. The molecule has 0 fully saturated rings. The molecule has 120 valence electrons. The van der Waals surface area contributed by atoms with E-state index in [1.807, 2.05) is 48.9 Å². The zero-order chi connectivity index (χ0) is 16.2. The lowest BCUT2D eigenvalue weighted by atomic mass is 10.2. The number of sulfonamides is 1. The molecule has 2 N–H and O–H groups in total. The van der Waals surface area contributed by atoms with Gasteiger partial charge in [0.05, 0.1) is 17.6 Å². The second-order valence-electron chi connectivity index (χ2n) is 5.24. The van der Waals surface area contributed by atoms with Crippen LogP contribution in [0.15, 0.2) is 30.3 Å². The first-order valence-corrected chi connectivity index (χ1v) is 9.03. The van der Waals surface area contributed by atoms with Gasteiger partial charge in [0.1, 0.15) is 0 Å². The smallest absolute Gasteiger partial charge is 0.208 e. The molecule has 7 heteroatoms. The Morgan fingerprint density at radius 2 is 1.82 bits per heavy atom. The van der Waals surface area contributed by atoms with E-state index in [9.17, 15) is 8.42 Å². The summed E-state index contributed by atoms with van der Waals surface area (Å²) < 4.78 is 26.4. The van der Waals surface area contributed by atoms with E-state index in [2.05, 4.69) is 15.1 Å². The zero-order valence-corrected chi connectivity index (χ0v) is 13.9. The summed E-state index contributed by atoms with van der Waals surface area (Å²) in [5.74, 6) is 0. The number of hydrogen-bond donors (Lipinski definition) is 2. The summed E-state index contributed by atoms with van der Waals surface area (Å²) in [4.78, 5) is 0. The lowest BCUT2D eigenvalue weighted by molar-refractivity contribution is 0.581. The molecule has 0 radical (unpaired) electrons. The highest BCUT2D eigenvalue weighted by atomic mass is 32.2. The first-order valence-electron chi connectivity index (χ1n) is 7.14. The van der Waals surface area contributed by atoms with Crippen molar-refractivity contribution in [1.29, 1.82) is 0 Å². The van der Waals surface area contributed by atoms with E-state index < -0.39 is 10.0 Å². The van der Waals surface area contributed by atoms with Crippen LogP contribution in [0.5, 0.6) is 0 Å². The number of hydrogen-bond acceptors (Lipinski definition) is 4. The minimum atomic E-state index is -3.12. The summed E-state index contributed by atoms with van der Waals surface area (Å²) in [6.45, 7) is 5.64. The van der Waals surface area contributed by atoms with Crippen LogP contribution in [0.3, 0.4) is 0 Å². The number of aryl methyl sites for hydroxylation is 1. The molecule has 0 amide bonds. The number of nitrogens with zero attached hydrogens (tertiary/aromatic N) is 2. The van der Waals surface area contributed by atoms with Crippen LogP contribution in [0, 0.1) is 13.8 Å². The summed E-state index contributed by atoms with van der Waals surface area (Å²) in [6.07, 6.45) is 1.16. The Bertz CT molecular complexity index is 724. The van der Waals surface area contributed by atoms with Crippen LogP contribution in [0.4, 0.5) is 0 Å². The van der Waals surface area contributed by atoms with Gasteiger partial charge in [0.15, 0.2) is 0 Å². The second-order valence-corrected chi connectivity index (χ2v) is 7.07. The molecular formula is C15H22N4O2S. The van der Waals surface area contributed by atoms with Gasteiger partial charge >= 0.3 is 0 Å². The molecule has 0 atom stereocenters. The van der Waals surface area contributed by atoms with Gasteiger partial charge in [0, 0.05) is 30.9 Å². The molecular weight excluding hydrogens is 300 g/mol. The van der Waals surface area contributed by atoms with Crippen molar-refractivity contribution < 1.29 is 8.42 Å².